The second-order valence-electron chi connectivity index (χ2n) is 4.48. The van der Waals surface area contributed by atoms with E-state index in [1.807, 2.05) is 29.2 Å². The number of hydrogen-bond acceptors (Lipinski definition) is 2. The minimum absolute atomic E-state index is 0.292. The molecule has 3 rings (SSSR count). The van der Waals surface area contributed by atoms with Crippen molar-refractivity contribution in [2.24, 2.45) is 0 Å². The summed E-state index contributed by atoms with van der Waals surface area (Å²) in [5.41, 5.74) is 3.49. The molecule has 0 saturated carbocycles. The quantitative estimate of drug-likeness (QED) is 0.774. The van der Waals surface area contributed by atoms with Crippen LogP contribution in [-0.2, 0) is 6.54 Å². The maximum Gasteiger partial charge on any atom is 0.115 e. The van der Waals surface area contributed by atoms with E-state index in [1.165, 1.54) is 5.56 Å². The van der Waals surface area contributed by atoms with Crippen molar-refractivity contribution in [1.82, 2.24) is 9.55 Å². The van der Waals surface area contributed by atoms with Crippen LogP contribution in [0.25, 0.3) is 11.1 Å². The predicted molar refractivity (Wildman–Crippen MR) is 74.9 cm³/mol. The molecule has 0 spiro atoms. The molecule has 0 aliphatic rings. The van der Waals surface area contributed by atoms with E-state index < -0.39 is 0 Å². The molecule has 3 nitrogen and oxygen atoms in total. The van der Waals surface area contributed by atoms with Gasteiger partial charge in [-0.05, 0) is 28.8 Å². The summed E-state index contributed by atoms with van der Waals surface area (Å²) >= 11 is 0. The summed E-state index contributed by atoms with van der Waals surface area (Å²) in [7, 11) is 0. The zero-order valence-corrected chi connectivity index (χ0v) is 10.4. The van der Waals surface area contributed by atoms with E-state index in [1.54, 1.807) is 18.3 Å². The molecule has 0 fully saturated rings. The van der Waals surface area contributed by atoms with Gasteiger partial charge in [-0.25, -0.2) is 4.98 Å². The Morgan fingerprint density at radius 1 is 0.895 bits per heavy atom. The van der Waals surface area contributed by atoms with Gasteiger partial charge in [0.15, 0.2) is 0 Å². The van der Waals surface area contributed by atoms with E-state index in [9.17, 15) is 5.11 Å². The number of phenolic OH excluding ortho intramolecular Hbond substituents is 1. The summed E-state index contributed by atoms with van der Waals surface area (Å²) in [4.78, 5) is 4.03. The lowest BCUT2D eigenvalue weighted by atomic mass is 10.0. The highest BCUT2D eigenvalue weighted by atomic mass is 16.3. The summed E-state index contributed by atoms with van der Waals surface area (Å²) in [6.45, 7) is 0.829. The summed E-state index contributed by atoms with van der Waals surface area (Å²) in [5, 5.41) is 9.28. The lowest BCUT2D eigenvalue weighted by Crippen LogP contribution is -1.95. The van der Waals surface area contributed by atoms with Crippen molar-refractivity contribution >= 4 is 0 Å². The van der Waals surface area contributed by atoms with Gasteiger partial charge in [0.2, 0.25) is 0 Å². The van der Waals surface area contributed by atoms with E-state index in [-0.39, 0.29) is 0 Å². The Labute approximate surface area is 111 Å². The molecule has 0 aliphatic heterocycles. The zero-order valence-electron chi connectivity index (χ0n) is 10.4. The molecule has 0 unspecified atom stereocenters. The van der Waals surface area contributed by atoms with Gasteiger partial charge in [-0.3, -0.25) is 0 Å². The monoisotopic (exact) mass is 250 g/mol. The van der Waals surface area contributed by atoms with Gasteiger partial charge in [-0.15, -0.1) is 0 Å². The average molecular weight is 250 g/mol. The van der Waals surface area contributed by atoms with Gasteiger partial charge in [-0.1, -0.05) is 36.4 Å². The fraction of sp³-hybridized carbons (Fsp3) is 0.0625. The Morgan fingerprint density at radius 2 is 1.53 bits per heavy atom. The summed E-state index contributed by atoms with van der Waals surface area (Å²) in [6, 6.07) is 15.7. The van der Waals surface area contributed by atoms with E-state index in [2.05, 4.69) is 29.2 Å². The topological polar surface area (TPSA) is 38.0 Å². The average Bonchev–Trinajstić information content (AvgIpc) is 2.94. The Morgan fingerprint density at radius 3 is 2.11 bits per heavy atom. The van der Waals surface area contributed by atoms with Gasteiger partial charge in [0.05, 0.1) is 6.33 Å². The van der Waals surface area contributed by atoms with Crippen LogP contribution in [0.15, 0.2) is 67.3 Å². The number of imidazole rings is 1. The van der Waals surface area contributed by atoms with Crippen LogP contribution < -0.4 is 0 Å². The number of aromatic hydroxyl groups is 1. The van der Waals surface area contributed by atoms with Crippen LogP contribution in [0.1, 0.15) is 5.56 Å². The third-order valence-electron chi connectivity index (χ3n) is 3.08. The Kier molecular flexibility index (Phi) is 3.02. The van der Waals surface area contributed by atoms with Gasteiger partial charge in [0, 0.05) is 18.9 Å². The molecule has 0 amide bonds. The number of rotatable bonds is 3. The molecule has 0 aliphatic carbocycles. The van der Waals surface area contributed by atoms with E-state index in [4.69, 9.17) is 0 Å². The van der Waals surface area contributed by atoms with Crippen LogP contribution in [0, 0.1) is 0 Å². The second-order valence-corrected chi connectivity index (χ2v) is 4.48. The highest BCUT2D eigenvalue weighted by Gasteiger charge is 1.99. The number of aromatic nitrogens is 2. The molecule has 0 bridgehead atoms. The Bertz CT molecular complexity index is 640. The SMILES string of the molecule is Oc1ccc(-c2ccc(Cn3ccnc3)cc2)cc1. The van der Waals surface area contributed by atoms with Crippen LogP contribution in [0.2, 0.25) is 0 Å². The highest BCUT2D eigenvalue weighted by molar-refractivity contribution is 5.64. The molecule has 94 valence electrons. The second kappa shape index (κ2) is 4.98. The van der Waals surface area contributed by atoms with Crippen LogP contribution in [0.3, 0.4) is 0 Å². The smallest absolute Gasteiger partial charge is 0.115 e. The minimum Gasteiger partial charge on any atom is -0.508 e. The standard InChI is InChI=1S/C16H14N2O/c19-16-7-5-15(6-8-16)14-3-1-13(2-4-14)11-18-10-9-17-12-18/h1-10,12,19H,11H2. The molecule has 2 aromatic carbocycles. The zero-order chi connectivity index (χ0) is 13.1. The van der Waals surface area contributed by atoms with Crippen molar-refractivity contribution < 1.29 is 5.11 Å². The summed E-state index contributed by atoms with van der Waals surface area (Å²) in [6.07, 6.45) is 5.55. The summed E-state index contributed by atoms with van der Waals surface area (Å²) in [5.74, 6) is 0.292. The predicted octanol–water partition coefficient (Wildman–Crippen LogP) is 3.30. The largest absolute Gasteiger partial charge is 0.508 e. The van der Waals surface area contributed by atoms with Crippen molar-refractivity contribution in [1.29, 1.82) is 0 Å². The van der Waals surface area contributed by atoms with Crippen LogP contribution in [0.4, 0.5) is 0 Å². The fourth-order valence-corrected chi connectivity index (χ4v) is 2.05. The van der Waals surface area contributed by atoms with Crippen LogP contribution >= 0.6 is 0 Å². The van der Waals surface area contributed by atoms with Gasteiger partial charge in [0.25, 0.3) is 0 Å². The normalized spacial score (nSPS) is 10.5. The third kappa shape index (κ3) is 2.65. The maximum atomic E-state index is 9.28. The number of nitrogens with zero attached hydrogens (tertiary/aromatic N) is 2. The fourth-order valence-electron chi connectivity index (χ4n) is 2.05. The van der Waals surface area contributed by atoms with Gasteiger partial charge >= 0.3 is 0 Å². The number of hydrogen-bond donors (Lipinski definition) is 1. The molecule has 1 N–H and O–H groups in total. The highest BCUT2D eigenvalue weighted by Crippen LogP contribution is 2.22. The van der Waals surface area contributed by atoms with Crippen molar-refractivity contribution in [3.05, 3.63) is 72.8 Å². The first kappa shape index (κ1) is 11.5. The molecule has 0 radical (unpaired) electrons. The number of benzene rings is 2. The maximum absolute atomic E-state index is 9.28. The minimum atomic E-state index is 0.292. The Balaban J connectivity index is 1.80. The molecular weight excluding hydrogens is 236 g/mol. The van der Waals surface area contributed by atoms with E-state index in [0.29, 0.717) is 5.75 Å². The first-order valence-corrected chi connectivity index (χ1v) is 6.15. The lowest BCUT2D eigenvalue weighted by molar-refractivity contribution is 0.475. The van der Waals surface area contributed by atoms with Crippen molar-refractivity contribution in [3.63, 3.8) is 0 Å². The van der Waals surface area contributed by atoms with Gasteiger partial charge in [-0.2, -0.15) is 0 Å². The number of phenols is 1. The molecule has 3 aromatic rings. The van der Waals surface area contributed by atoms with Gasteiger partial charge in [0.1, 0.15) is 5.75 Å². The molecule has 1 aromatic heterocycles. The summed E-state index contributed by atoms with van der Waals surface area (Å²) < 4.78 is 2.04. The van der Waals surface area contributed by atoms with Crippen LogP contribution in [0.5, 0.6) is 5.75 Å². The lowest BCUT2D eigenvalue weighted by Gasteiger charge is -2.05. The van der Waals surface area contributed by atoms with Crippen molar-refractivity contribution in [2.75, 3.05) is 0 Å². The third-order valence-corrected chi connectivity index (χ3v) is 3.08. The molecular formula is C16H14N2O. The van der Waals surface area contributed by atoms with E-state index >= 15 is 0 Å². The van der Waals surface area contributed by atoms with Crippen molar-refractivity contribution in [2.45, 2.75) is 6.54 Å². The van der Waals surface area contributed by atoms with E-state index in [0.717, 1.165) is 17.7 Å². The molecule has 1 heterocycles. The van der Waals surface area contributed by atoms with Crippen LogP contribution in [-0.4, -0.2) is 14.7 Å². The Hall–Kier alpha value is -2.55. The molecule has 19 heavy (non-hydrogen) atoms. The molecule has 0 atom stereocenters. The molecule has 0 saturated heterocycles. The first-order valence-electron chi connectivity index (χ1n) is 6.15. The first-order chi connectivity index (χ1) is 9.31. The molecule has 3 heteroatoms. The van der Waals surface area contributed by atoms with Crippen molar-refractivity contribution in [3.8, 4) is 16.9 Å². The van der Waals surface area contributed by atoms with Gasteiger partial charge < -0.3 is 9.67 Å².